The highest BCUT2D eigenvalue weighted by molar-refractivity contribution is 7.13. The minimum Gasteiger partial charge on any atom is -0.469 e. The molecule has 1 aromatic heterocycles. The lowest BCUT2D eigenvalue weighted by Gasteiger charge is -2.18. The first-order valence-corrected chi connectivity index (χ1v) is 8.90. The first kappa shape index (κ1) is 19.6. The van der Waals surface area contributed by atoms with Crippen LogP contribution in [0.2, 0.25) is 0 Å². The number of nitrogens with one attached hydrogen (secondary N) is 2. The number of benzene rings is 1. The highest BCUT2D eigenvalue weighted by Crippen LogP contribution is 2.20. The summed E-state index contributed by atoms with van der Waals surface area (Å²) in [6.45, 7) is 3.39. The van der Waals surface area contributed by atoms with Crippen LogP contribution in [0.4, 0.5) is 5.13 Å². The Bertz CT molecular complexity index is 786. The van der Waals surface area contributed by atoms with E-state index in [1.807, 2.05) is 31.2 Å². The average Bonchev–Trinajstić information content (AvgIpc) is 3.01. The predicted octanol–water partition coefficient (Wildman–Crippen LogP) is 2.37. The zero-order chi connectivity index (χ0) is 19.1. The van der Waals surface area contributed by atoms with Crippen LogP contribution in [0, 0.1) is 6.92 Å². The Labute approximate surface area is 155 Å². The lowest BCUT2D eigenvalue weighted by molar-refractivity contribution is -0.139. The van der Waals surface area contributed by atoms with Crippen LogP contribution in [0.5, 0.6) is 0 Å². The summed E-state index contributed by atoms with van der Waals surface area (Å²) in [5, 5.41) is 7.59. The van der Waals surface area contributed by atoms with Gasteiger partial charge in [0.15, 0.2) is 5.13 Å². The molecule has 0 radical (unpaired) electrons. The number of carbonyl (C=O) groups is 3. The van der Waals surface area contributed by atoms with Gasteiger partial charge in [0.25, 0.3) is 0 Å². The molecule has 0 bridgehead atoms. The maximum atomic E-state index is 12.3. The Morgan fingerprint density at radius 2 is 1.92 bits per heavy atom. The highest BCUT2D eigenvalue weighted by atomic mass is 32.1. The van der Waals surface area contributed by atoms with Crippen molar-refractivity contribution < 1.29 is 19.1 Å². The Balaban J connectivity index is 2.01. The summed E-state index contributed by atoms with van der Waals surface area (Å²) in [5.41, 5.74) is 2.49. The van der Waals surface area contributed by atoms with Crippen LogP contribution in [0.1, 0.15) is 36.2 Å². The minimum absolute atomic E-state index is 0.0563. The summed E-state index contributed by atoms with van der Waals surface area (Å²) in [4.78, 5) is 39.3. The third-order valence-corrected chi connectivity index (χ3v) is 4.40. The van der Waals surface area contributed by atoms with Gasteiger partial charge in [-0.1, -0.05) is 29.8 Å². The van der Waals surface area contributed by atoms with E-state index in [1.54, 1.807) is 5.38 Å². The second-order valence-electron chi connectivity index (χ2n) is 5.81. The van der Waals surface area contributed by atoms with E-state index in [4.69, 9.17) is 0 Å². The molecule has 0 aliphatic carbocycles. The first-order valence-electron chi connectivity index (χ1n) is 8.02. The van der Waals surface area contributed by atoms with E-state index in [0.717, 1.165) is 11.1 Å². The topological polar surface area (TPSA) is 97.4 Å². The van der Waals surface area contributed by atoms with E-state index < -0.39 is 12.0 Å². The molecule has 2 rings (SSSR count). The molecular formula is C18H21N3O4S. The lowest BCUT2D eigenvalue weighted by atomic mass is 10.0. The zero-order valence-electron chi connectivity index (χ0n) is 14.9. The van der Waals surface area contributed by atoms with Gasteiger partial charge in [-0.3, -0.25) is 14.4 Å². The first-order chi connectivity index (χ1) is 12.4. The number of esters is 1. The van der Waals surface area contributed by atoms with Gasteiger partial charge in [0.1, 0.15) is 0 Å². The van der Waals surface area contributed by atoms with E-state index >= 15 is 0 Å². The zero-order valence-corrected chi connectivity index (χ0v) is 15.7. The fourth-order valence-electron chi connectivity index (χ4n) is 2.32. The van der Waals surface area contributed by atoms with Crippen LogP contribution in [0.3, 0.4) is 0 Å². The third-order valence-electron chi connectivity index (χ3n) is 3.60. The van der Waals surface area contributed by atoms with Gasteiger partial charge < -0.3 is 15.4 Å². The molecule has 2 N–H and O–H groups in total. The summed E-state index contributed by atoms with van der Waals surface area (Å²) in [6, 6.07) is 7.22. The number of amides is 2. The van der Waals surface area contributed by atoms with Crippen molar-refractivity contribution in [2.45, 2.75) is 32.7 Å². The number of aryl methyl sites for hydroxylation is 1. The molecule has 0 saturated heterocycles. The summed E-state index contributed by atoms with van der Waals surface area (Å²) in [6.07, 6.45) is 0.134. The molecule has 0 aliphatic heterocycles. The number of methoxy groups -OCH3 is 1. The number of nitrogens with zero attached hydrogens (tertiary/aromatic N) is 1. The monoisotopic (exact) mass is 375 g/mol. The standard InChI is InChI=1S/C18H21N3O4S/c1-11-4-6-13(7-5-11)15(19-12(2)22)9-16(23)21-18-20-14(10-26-18)8-17(24)25-3/h4-7,10,15H,8-9H2,1-3H3,(H,19,22)(H,20,21,23). The molecule has 0 fully saturated rings. The van der Waals surface area contributed by atoms with Crippen LogP contribution < -0.4 is 10.6 Å². The molecule has 8 heteroatoms. The van der Waals surface area contributed by atoms with Crippen molar-refractivity contribution >= 4 is 34.3 Å². The maximum Gasteiger partial charge on any atom is 0.311 e. The molecule has 26 heavy (non-hydrogen) atoms. The Morgan fingerprint density at radius 3 is 2.54 bits per heavy atom. The number of thiazole rings is 1. The molecule has 138 valence electrons. The van der Waals surface area contributed by atoms with Gasteiger partial charge in [-0.25, -0.2) is 4.98 Å². The van der Waals surface area contributed by atoms with E-state index in [2.05, 4.69) is 20.4 Å². The van der Waals surface area contributed by atoms with Crippen molar-refractivity contribution in [1.82, 2.24) is 10.3 Å². The Morgan fingerprint density at radius 1 is 1.23 bits per heavy atom. The number of aromatic nitrogens is 1. The summed E-state index contributed by atoms with van der Waals surface area (Å²) in [5.74, 6) is -0.875. The fourth-order valence-corrected chi connectivity index (χ4v) is 3.04. The molecule has 1 unspecified atom stereocenters. The fraction of sp³-hybridized carbons (Fsp3) is 0.333. The summed E-state index contributed by atoms with van der Waals surface area (Å²) >= 11 is 1.23. The molecule has 2 amide bonds. The molecule has 0 saturated carbocycles. The van der Waals surface area contributed by atoms with E-state index in [9.17, 15) is 14.4 Å². The Hall–Kier alpha value is -2.74. The quantitative estimate of drug-likeness (QED) is 0.724. The van der Waals surface area contributed by atoms with Gasteiger partial charge >= 0.3 is 5.97 Å². The van der Waals surface area contributed by atoms with Gasteiger partial charge in [0.05, 0.1) is 31.7 Å². The van der Waals surface area contributed by atoms with Crippen molar-refractivity contribution in [2.24, 2.45) is 0 Å². The van der Waals surface area contributed by atoms with Crippen LogP contribution in [0.25, 0.3) is 0 Å². The SMILES string of the molecule is COC(=O)Cc1csc(NC(=O)CC(NC(C)=O)c2ccc(C)cc2)n1. The van der Waals surface area contributed by atoms with Crippen molar-refractivity contribution in [3.63, 3.8) is 0 Å². The lowest BCUT2D eigenvalue weighted by Crippen LogP contribution is -2.29. The number of anilines is 1. The predicted molar refractivity (Wildman–Crippen MR) is 98.8 cm³/mol. The Kier molecular flexibility index (Phi) is 6.85. The molecule has 2 aromatic rings. The maximum absolute atomic E-state index is 12.3. The highest BCUT2D eigenvalue weighted by Gasteiger charge is 2.18. The van der Waals surface area contributed by atoms with Gasteiger partial charge in [0.2, 0.25) is 11.8 Å². The minimum atomic E-state index is -0.428. The molecule has 0 spiro atoms. The molecule has 7 nitrogen and oxygen atoms in total. The normalized spacial score (nSPS) is 11.5. The van der Waals surface area contributed by atoms with E-state index in [-0.39, 0.29) is 24.7 Å². The number of hydrogen-bond acceptors (Lipinski definition) is 6. The number of carbonyl (C=O) groups excluding carboxylic acids is 3. The smallest absolute Gasteiger partial charge is 0.311 e. The summed E-state index contributed by atoms with van der Waals surface area (Å²) < 4.78 is 4.59. The number of ether oxygens (including phenoxy) is 1. The molecule has 0 aliphatic rings. The second-order valence-corrected chi connectivity index (χ2v) is 6.67. The average molecular weight is 375 g/mol. The van der Waals surface area contributed by atoms with E-state index in [0.29, 0.717) is 10.8 Å². The van der Waals surface area contributed by atoms with Crippen molar-refractivity contribution in [3.8, 4) is 0 Å². The largest absolute Gasteiger partial charge is 0.469 e. The molecule has 1 heterocycles. The second kappa shape index (κ2) is 9.10. The van der Waals surface area contributed by atoms with Crippen molar-refractivity contribution in [2.75, 3.05) is 12.4 Å². The van der Waals surface area contributed by atoms with Crippen LogP contribution >= 0.6 is 11.3 Å². The molecular weight excluding hydrogens is 354 g/mol. The number of rotatable bonds is 7. The number of hydrogen-bond donors (Lipinski definition) is 2. The van der Waals surface area contributed by atoms with Gasteiger partial charge in [-0.05, 0) is 12.5 Å². The third kappa shape index (κ3) is 5.96. The van der Waals surface area contributed by atoms with Gasteiger partial charge in [-0.2, -0.15) is 0 Å². The molecule has 1 aromatic carbocycles. The van der Waals surface area contributed by atoms with Crippen molar-refractivity contribution in [3.05, 3.63) is 46.5 Å². The van der Waals surface area contributed by atoms with Crippen LogP contribution in [-0.2, 0) is 25.5 Å². The van der Waals surface area contributed by atoms with Crippen LogP contribution in [-0.4, -0.2) is 29.9 Å². The summed E-state index contributed by atoms with van der Waals surface area (Å²) in [7, 11) is 1.31. The van der Waals surface area contributed by atoms with Crippen molar-refractivity contribution in [1.29, 1.82) is 0 Å². The van der Waals surface area contributed by atoms with E-state index in [1.165, 1.54) is 25.4 Å². The van der Waals surface area contributed by atoms with Gasteiger partial charge in [0, 0.05) is 12.3 Å². The van der Waals surface area contributed by atoms with Gasteiger partial charge in [-0.15, -0.1) is 11.3 Å². The molecule has 1 atom stereocenters. The van der Waals surface area contributed by atoms with Crippen LogP contribution in [0.15, 0.2) is 29.6 Å².